The lowest BCUT2D eigenvalue weighted by Crippen LogP contribution is -2.31. The van der Waals surface area contributed by atoms with Crippen LogP contribution in [0.1, 0.15) is 31.0 Å². The minimum absolute atomic E-state index is 0.262. The van der Waals surface area contributed by atoms with Gasteiger partial charge in [0.2, 0.25) is 0 Å². The smallest absolute Gasteiger partial charge is 0.264 e. The van der Waals surface area contributed by atoms with E-state index in [4.69, 9.17) is 5.73 Å². The summed E-state index contributed by atoms with van der Waals surface area (Å²) in [5.41, 5.74) is 9.24. The van der Waals surface area contributed by atoms with Crippen LogP contribution in [0.15, 0.2) is 53.1 Å². The Labute approximate surface area is 149 Å². The van der Waals surface area contributed by atoms with Gasteiger partial charge in [0.1, 0.15) is 10.3 Å². The first kappa shape index (κ1) is 15.9. The molecule has 6 heteroatoms. The maximum Gasteiger partial charge on any atom is 0.264 e. The van der Waals surface area contributed by atoms with Gasteiger partial charge in [-0.3, -0.25) is 9.59 Å². The molecule has 126 valence electrons. The van der Waals surface area contributed by atoms with Crippen molar-refractivity contribution in [3.05, 3.63) is 59.3 Å². The van der Waals surface area contributed by atoms with Crippen molar-refractivity contribution in [3.63, 3.8) is 0 Å². The first-order valence-electron chi connectivity index (χ1n) is 8.10. The van der Waals surface area contributed by atoms with Gasteiger partial charge in [-0.25, -0.2) is 9.88 Å². The van der Waals surface area contributed by atoms with Crippen molar-refractivity contribution in [2.24, 2.45) is 5.73 Å². The molecule has 1 atom stereocenters. The molecule has 1 saturated heterocycles. The van der Waals surface area contributed by atoms with Crippen LogP contribution < -0.4 is 10.6 Å². The average Bonchev–Trinajstić information content (AvgIpc) is 2.86. The van der Waals surface area contributed by atoms with Crippen LogP contribution in [0, 0.1) is 0 Å². The van der Waals surface area contributed by atoms with Gasteiger partial charge < -0.3 is 5.73 Å². The summed E-state index contributed by atoms with van der Waals surface area (Å²) in [6.45, 7) is 4.13. The number of aromatic nitrogens is 1. The maximum atomic E-state index is 12.9. The molecule has 2 N–H and O–H groups in total. The third kappa shape index (κ3) is 2.36. The second-order valence-electron chi connectivity index (χ2n) is 6.38. The predicted octanol–water partition coefficient (Wildman–Crippen LogP) is 2.92. The Bertz CT molecular complexity index is 922. The van der Waals surface area contributed by atoms with Crippen LogP contribution in [0.4, 0.5) is 5.69 Å². The van der Waals surface area contributed by atoms with Gasteiger partial charge in [0.15, 0.2) is 0 Å². The lowest BCUT2D eigenvalue weighted by atomic mass is 10.0. The number of fused-ring (bicyclic) bond motifs is 2. The number of hydrogen-bond donors (Lipinski definition) is 1. The van der Waals surface area contributed by atoms with Gasteiger partial charge in [-0.1, -0.05) is 43.8 Å². The molecule has 0 spiro atoms. The van der Waals surface area contributed by atoms with E-state index in [-0.39, 0.29) is 17.7 Å². The van der Waals surface area contributed by atoms with Crippen LogP contribution >= 0.6 is 11.8 Å². The van der Waals surface area contributed by atoms with Gasteiger partial charge in [-0.05, 0) is 30.2 Å². The van der Waals surface area contributed by atoms with Gasteiger partial charge in [-0.15, -0.1) is 0 Å². The number of thioether (sulfide) groups is 1. The lowest BCUT2D eigenvalue weighted by molar-refractivity contribution is -0.120. The highest BCUT2D eigenvalue weighted by Crippen LogP contribution is 2.45. The van der Waals surface area contributed by atoms with Gasteiger partial charge in [-0.2, -0.15) is 0 Å². The molecule has 2 aliphatic heterocycles. The van der Waals surface area contributed by atoms with Crippen LogP contribution in [-0.4, -0.2) is 22.0 Å². The van der Waals surface area contributed by atoms with E-state index in [2.05, 4.69) is 18.8 Å². The average molecular weight is 351 g/mol. The van der Waals surface area contributed by atoms with Crippen LogP contribution in [-0.2, 0) is 9.59 Å². The number of amides is 2. The number of imide groups is 1. The highest BCUT2D eigenvalue weighted by atomic mass is 32.2. The fourth-order valence-corrected chi connectivity index (χ4v) is 4.33. The molecule has 0 radical (unpaired) electrons. The highest BCUT2D eigenvalue weighted by Gasteiger charge is 2.48. The van der Waals surface area contributed by atoms with Crippen molar-refractivity contribution in [1.29, 1.82) is 0 Å². The molecule has 2 amide bonds. The number of nitrogens with zero attached hydrogens (tertiary/aromatic N) is 2. The fraction of sp³-hybridized carbons (Fsp3) is 0.211. The first-order valence-corrected chi connectivity index (χ1v) is 8.98. The number of anilines is 1. The Balaban J connectivity index is 1.81. The number of para-hydroxylation sites is 1. The van der Waals surface area contributed by atoms with Gasteiger partial charge in [0.05, 0.1) is 17.0 Å². The minimum atomic E-state index is -0.630. The predicted molar refractivity (Wildman–Crippen MR) is 98.0 cm³/mol. The van der Waals surface area contributed by atoms with E-state index in [1.165, 1.54) is 16.7 Å². The fourth-order valence-electron chi connectivity index (χ4n) is 3.09. The SMILES string of the molecule is CC(C)c1ccc2c(n1)S[C@@H]1C(=O)N(c3ccccc3)C(=O)C1=C2N. The van der Waals surface area contributed by atoms with Gasteiger partial charge >= 0.3 is 0 Å². The summed E-state index contributed by atoms with van der Waals surface area (Å²) < 4.78 is 0. The van der Waals surface area contributed by atoms with E-state index < -0.39 is 5.25 Å². The molecule has 5 nitrogen and oxygen atoms in total. The van der Waals surface area contributed by atoms with Crippen molar-refractivity contribution >= 4 is 35.0 Å². The van der Waals surface area contributed by atoms with Gasteiger partial charge in [0.25, 0.3) is 11.8 Å². The number of hydrogen-bond acceptors (Lipinski definition) is 5. The minimum Gasteiger partial charge on any atom is -0.398 e. The summed E-state index contributed by atoms with van der Waals surface area (Å²) in [5.74, 6) is -0.328. The second kappa shape index (κ2) is 5.74. The number of carbonyl (C=O) groups excluding carboxylic acids is 2. The van der Waals surface area contributed by atoms with E-state index in [1.807, 2.05) is 18.2 Å². The molecule has 0 saturated carbocycles. The molecule has 25 heavy (non-hydrogen) atoms. The Morgan fingerprint density at radius 3 is 2.52 bits per heavy atom. The monoisotopic (exact) mass is 351 g/mol. The molecule has 1 aromatic carbocycles. The summed E-state index contributed by atoms with van der Waals surface area (Å²) in [7, 11) is 0. The first-order chi connectivity index (χ1) is 12.0. The number of benzene rings is 1. The lowest BCUT2D eigenvalue weighted by Gasteiger charge is -2.20. The molecule has 0 bridgehead atoms. The standard InChI is InChI=1S/C19H17N3O2S/c1-10(2)13-9-8-12-15(20)14-16(25-17(12)21-13)19(24)22(18(14)23)11-6-4-3-5-7-11/h3-10,16H,20H2,1-2H3/t16-/m0/s1. The highest BCUT2D eigenvalue weighted by molar-refractivity contribution is 8.01. The number of rotatable bonds is 2. The zero-order valence-corrected chi connectivity index (χ0v) is 14.7. The molecule has 1 fully saturated rings. The molecule has 0 unspecified atom stereocenters. The second-order valence-corrected chi connectivity index (χ2v) is 7.48. The molecular formula is C19H17N3O2S. The van der Waals surface area contributed by atoms with Crippen LogP contribution in [0.3, 0.4) is 0 Å². The van der Waals surface area contributed by atoms with Crippen molar-refractivity contribution in [3.8, 4) is 0 Å². The quantitative estimate of drug-likeness (QED) is 0.842. The number of nitrogens with two attached hydrogens (primary N) is 1. The summed E-state index contributed by atoms with van der Waals surface area (Å²) in [5, 5.41) is 0.0867. The molecular weight excluding hydrogens is 334 g/mol. The zero-order chi connectivity index (χ0) is 17.7. The zero-order valence-electron chi connectivity index (χ0n) is 13.9. The van der Waals surface area contributed by atoms with Crippen LogP contribution in [0.5, 0.6) is 0 Å². The van der Waals surface area contributed by atoms with Gasteiger partial charge in [0, 0.05) is 11.3 Å². The largest absolute Gasteiger partial charge is 0.398 e. The summed E-state index contributed by atoms with van der Waals surface area (Å²) >= 11 is 1.31. The molecule has 4 rings (SSSR count). The van der Waals surface area contributed by atoms with Crippen LogP contribution in [0.2, 0.25) is 0 Å². The number of pyridine rings is 1. The van der Waals surface area contributed by atoms with E-state index in [0.29, 0.717) is 22.0 Å². The van der Waals surface area contributed by atoms with Crippen molar-refractivity contribution in [1.82, 2.24) is 4.98 Å². The number of carbonyl (C=O) groups is 2. The Morgan fingerprint density at radius 1 is 1.12 bits per heavy atom. The molecule has 2 aliphatic rings. The van der Waals surface area contributed by atoms with E-state index in [9.17, 15) is 9.59 Å². The molecule has 2 aromatic rings. The van der Waals surface area contributed by atoms with E-state index >= 15 is 0 Å². The summed E-state index contributed by atoms with van der Waals surface area (Å²) in [4.78, 5) is 31.6. The Kier molecular flexibility index (Phi) is 3.65. The molecule has 0 aliphatic carbocycles. The third-order valence-corrected chi connectivity index (χ3v) is 5.65. The van der Waals surface area contributed by atoms with Crippen LogP contribution in [0.25, 0.3) is 5.70 Å². The molecule has 3 heterocycles. The molecule has 1 aromatic heterocycles. The van der Waals surface area contributed by atoms with E-state index in [0.717, 1.165) is 11.3 Å². The van der Waals surface area contributed by atoms with Crippen molar-refractivity contribution in [2.75, 3.05) is 4.90 Å². The summed E-state index contributed by atoms with van der Waals surface area (Å²) in [6, 6.07) is 12.8. The summed E-state index contributed by atoms with van der Waals surface area (Å²) in [6.07, 6.45) is 0. The normalized spacial score (nSPS) is 19.5. The third-order valence-electron chi connectivity index (χ3n) is 4.44. The maximum absolute atomic E-state index is 12.9. The topological polar surface area (TPSA) is 76.3 Å². The van der Waals surface area contributed by atoms with E-state index in [1.54, 1.807) is 24.3 Å². The van der Waals surface area contributed by atoms with Crippen molar-refractivity contribution in [2.45, 2.75) is 30.0 Å². The van der Waals surface area contributed by atoms with Crippen molar-refractivity contribution < 1.29 is 9.59 Å². The Morgan fingerprint density at radius 2 is 1.84 bits per heavy atom. The Hall–Kier alpha value is -2.60.